The third kappa shape index (κ3) is 3.70. The highest BCUT2D eigenvalue weighted by atomic mass is 127. The van der Waals surface area contributed by atoms with Gasteiger partial charge in [-0.15, -0.1) is 0 Å². The third-order valence-electron chi connectivity index (χ3n) is 2.36. The van der Waals surface area contributed by atoms with Gasteiger partial charge in [0.05, 0.1) is 5.69 Å². The Balaban J connectivity index is 2.02. The molecule has 0 spiro atoms. The largest absolute Gasteiger partial charge is 0.322 e. The van der Waals surface area contributed by atoms with E-state index in [1.165, 1.54) is 0 Å². The normalized spacial score (nSPS) is 10.5. The summed E-state index contributed by atoms with van der Waals surface area (Å²) in [5.74, 6) is -0.122. The van der Waals surface area contributed by atoms with Gasteiger partial charge in [0.2, 0.25) is 5.91 Å². The molecule has 2 rings (SSSR count). The van der Waals surface area contributed by atoms with Gasteiger partial charge in [0.1, 0.15) is 0 Å². The number of benzene rings is 2. The van der Waals surface area contributed by atoms with Gasteiger partial charge >= 0.3 is 0 Å². The van der Waals surface area contributed by atoms with Crippen molar-refractivity contribution in [1.29, 1.82) is 0 Å². The van der Waals surface area contributed by atoms with Gasteiger partial charge in [-0.2, -0.15) is 0 Å². The zero-order valence-corrected chi connectivity index (χ0v) is 11.8. The minimum absolute atomic E-state index is 0.122. The second-order valence-electron chi connectivity index (χ2n) is 3.71. The van der Waals surface area contributed by atoms with E-state index >= 15 is 0 Å². The summed E-state index contributed by atoms with van der Waals surface area (Å²) in [5, 5.41) is 2.85. The lowest BCUT2D eigenvalue weighted by molar-refractivity contribution is -0.111. The zero-order chi connectivity index (χ0) is 12.8. The summed E-state index contributed by atoms with van der Waals surface area (Å²) >= 11 is 2.19. The van der Waals surface area contributed by atoms with E-state index in [0.717, 1.165) is 14.8 Å². The van der Waals surface area contributed by atoms with Crippen LogP contribution in [0.5, 0.6) is 0 Å². The number of nitrogens with one attached hydrogen (secondary N) is 1. The van der Waals surface area contributed by atoms with Crippen LogP contribution in [-0.4, -0.2) is 5.91 Å². The standard InChI is InChI=1S/C15H12INO/c16-13-8-4-5-9-14(13)17-15(18)11-10-12-6-2-1-3-7-12/h1-11H,(H,17,18). The number of anilines is 1. The van der Waals surface area contributed by atoms with Crippen LogP contribution in [0.1, 0.15) is 5.56 Å². The molecule has 0 fully saturated rings. The van der Waals surface area contributed by atoms with Crippen LogP contribution in [0.2, 0.25) is 0 Å². The van der Waals surface area contributed by atoms with Crippen LogP contribution in [0.15, 0.2) is 60.7 Å². The summed E-state index contributed by atoms with van der Waals surface area (Å²) in [5.41, 5.74) is 1.84. The van der Waals surface area contributed by atoms with Crippen LogP contribution in [0, 0.1) is 3.57 Å². The number of rotatable bonds is 3. The average molecular weight is 349 g/mol. The van der Waals surface area contributed by atoms with Crippen LogP contribution < -0.4 is 5.32 Å². The highest BCUT2D eigenvalue weighted by Crippen LogP contribution is 2.16. The van der Waals surface area contributed by atoms with Gasteiger partial charge in [-0.05, 0) is 46.4 Å². The van der Waals surface area contributed by atoms with Gasteiger partial charge in [0.15, 0.2) is 0 Å². The molecule has 0 aromatic heterocycles. The molecular formula is C15H12INO. The molecule has 0 heterocycles. The number of para-hydroxylation sites is 1. The van der Waals surface area contributed by atoms with E-state index in [1.807, 2.05) is 54.6 Å². The Morgan fingerprint density at radius 2 is 1.67 bits per heavy atom. The maximum absolute atomic E-state index is 11.7. The topological polar surface area (TPSA) is 29.1 Å². The van der Waals surface area contributed by atoms with E-state index in [2.05, 4.69) is 27.9 Å². The van der Waals surface area contributed by atoms with E-state index in [4.69, 9.17) is 0 Å². The quantitative estimate of drug-likeness (QED) is 0.660. The first-order valence-corrected chi connectivity index (χ1v) is 6.62. The number of carbonyl (C=O) groups is 1. The molecule has 2 aromatic carbocycles. The molecular weight excluding hydrogens is 337 g/mol. The first kappa shape index (κ1) is 12.8. The molecule has 0 atom stereocenters. The molecule has 90 valence electrons. The summed E-state index contributed by atoms with van der Waals surface area (Å²) < 4.78 is 1.02. The second kappa shape index (κ2) is 6.35. The Morgan fingerprint density at radius 1 is 1.00 bits per heavy atom. The van der Waals surface area contributed by atoms with Crippen molar-refractivity contribution in [3.8, 4) is 0 Å². The van der Waals surface area contributed by atoms with Crippen LogP contribution in [0.4, 0.5) is 5.69 Å². The molecule has 18 heavy (non-hydrogen) atoms. The molecule has 0 saturated carbocycles. The number of amides is 1. The molecule has 0 aliphatic carbocycles. The van der Waals surface area contributed by atoms with E-state index in [0.29, 0.717) is 0 Å². The Hall–Kier alpha value is -1.62. The van der Waals surface area contributed by atoms with Gasteiger partial charge in [-0.25, -0.2) is 0 Å². The number of hydrogen-bond acceptors (Lipinski definition) is 1. The summed E-state index contributed by atoms with van der Waals surface area (Å²) in [6.45, 7) is 0. The molecule has 0 unspecified atom stereocenters. The molecule has 2 nitrogen and oxygen atoms in total. The van der Waals surface area contributed by atoms with Crippen molar-refractivity contribution in [3.63, 3.8) is 0 Å². The average Bonchev–Trinajstić information content (AvgIpc) is 2.40. The maximum atomic E-state index is 11.7. The molecule has 1 N–H and O–H groups in total. The molecule has 3 heteroatoms. The first-order valence-electron chi connectivity index (χ1n) is 5.54. The van der Waals surface area contributed by atoms with Gasteiger partial charge in [0, 0.05) is 9.65 Å². The summed E-state index contributed by atoms with van der Waals surface area (Å²) in [4.78, 5) is 11.7. The lowest BCUT2D eigenvalue weighted by Gasteiger charge is -2.03. The Bertz CT molecular complexity index is 564. The van der Waals surface area contributed by atoms with Gasteiger partial charge in [0.25, 0.3) is 0 Å². The van der Waals surface area contributed by atoms with Crippen molar-refractivity contribution in [2.24, 2.45) is 0 Å². The fourth-order valence-electron chi connectivity index (χ4n) is 1.47. The minimum Gasteiger partial charge on any atom is -0.322 e. The monoisotopic (exact) mass is 349 g/mol. The van der Waals surface area contributed by atoms with Crippen LogP contribution >= 0.6 is 22.6 Å². The van der Waals surface area contributed by atoms with Gasteiger partial charge in [-0.1, -0.05) is 42.5 Å². The predicted molar refractivity (Wildman–Crippen MR) is 83.3 cm³/mol. The summed E-state index contributed by atoms with van der Waals surface area (Å²) in [7, 11) is 0. The Labute approximate surface area is 120 Å². The third-order valence-corrected chi connectivity index (χ3v) is 3.30. The maximum Gasteiger partial charge on any atom is 0.248 e. The van der Waals surface area contributed by atoms with Crippen molar-refractivity contribution in [2.75, 3.05) is 5.32 Å². The van der Waals surface area contributed by atoms with E-state index in [9.17, 15) is 4.79 Å². The molecule has 0 aliphatic rings. The summed E-state index contributed by atoms with van der Waals surface area (Å²) in [6, 6.07) is 17.4. The van der Waals surface area contributed by atoms with Gasteiger partial charge in [-0.3, -0.25) is 4.79 Å². The highest BCUT2D eigenvalue weighted by Gasteiger charge is 2.00. The van der Waals surface area contributed by atoms with Gasteiger partial charge < -0.3 is 5.32 Å². The lowest BCUT2D eigenvalue weighted by Crippen LogP contribution is -2.08. The molecule has 0 saturated heterocycles. The summed E-state index contributed by atoms with van der Waals surface area (Å²) in [6.07, 6.45) is 3.34. The number of halogens is 1. The molecule has 0 radical (unpaired) electrons. The minimum atomic E-state index is -0.122. The SMILES string of the molecule is O=C(C=Cc1ccccc1)Nc1ccccc1I. The van der Waals surface area contributed by atoms with E-state index in [1.54, 1.807) is 12.2 Å². The number of hydrogen-bond donors (Lipinski definition) is 1. The first-order chi connectivity index (χ1) is 8.75. The second-order valence-corrected chi connectivity index (χ2v) is 4.88. The van der Waals surface area contributed by atoms with Crippen molar-refractivity contribution in [3.05, 3.63) is 69.8 Å². The fourth-order valence-corrected chi connectivity index (χ4v) is 2.00. The number of carbonyl (C=O) groups excluding carboxylic acids is 1. The van der Waals surface area contributed by atoms with Crippen LogP contribution in [-0.2, 0) is 4.79 Å². The highest BCUT2D eigenvalue weighted by molar-refractivity contribution is 14.1. The Morgan fingerprint density at radius 3 is 2.39 bits per heavy atom. The van der Waals surface area contributed by atoms with Crippen molar-refractivity contribution < 1.29 is 4.79 Å². The van der Waals surface area contributed by atoms with Crippen LogP contribution in [0.3, 0.4) is 0 Å². The van der Waals surface area contributed by atoms with Crippen molar-refractivity contribution >= 4 is 40.3 Å². The van der Waals surface area contributed by atoms with E-state index in [-0.39, 0.29) is 5.91 Å². The molecule has 2 aromatic rings. The molecule has 0 aliphatic heterocycles. The zero-order valence-electron chi connectivity index (χ0n) is 9.64. The Kier molecular flexibility index (Phi) is 4.52. The predicted octanol–water partition coefficient (Wildman–Crippen LogP) is 3.94. The van der Waals surface area contributed by atoms with Crippen molar-refractivity contribution in [1.82, 2.24) is 0 Å². The van der Waals surface area contributed by atoms with E-state index < -0.39 is 0 Å². The lowest BCUT2D eigenvalue weighted by atomic mass is 10.2. The molecule has 1 amide bonds. The van der Waals surface area contributed by atoms with Crippen molar-refractivity contribution in [2.45, 2.75) is 0 Å². The molecule has 0 bridgehead atoms. The smallest absolute Gasteiger partial charge is 0.248 e. The van der Waals surface area contributed by atoms with Crippen LogP contribution in [0.25, 0.3) is 6.08 Å². The fraction of sp³-hybridized carbons (Fsp3) is 0.